The molecule has 2 fully saturated rings. The summed E-state index contributed by atoms with van der Waals surface area (Å²) in [5, 5.41) is 0.765. The van der Waals surface area contributed by atoms with Gasteiger partial charge >= 0.3 is 0 Å². The van der Waals surface area contributed by atoms with E-state index in [1.807, 2.05) is 24.3 Å². The van der Waals surface area contributed by atoms with Crippen molar-refractivity contribution >= 4 is 11.6 Å². The first-order chi connectivity index (χ1) is 12.7. The van der Waals surface area contributed by atoms with Crippen LogP contribution in [-0.2, 0) is 0 Å². The SMILES string of the molecule is CCCC1CCC(C2CCC(/C=C/C#Cc3ccc(Cl)cc3)CC2)CC1. The lowest BCUT2D eigenvalue weighted by molar-refractivity contribution is 0.152. The highest BCUT2D eigenvalue weighted by molar-refractivity contribution is 6.30. The van der Waals surface area contributed by atoms with E-state index in [1.54, 1.807) is 0 Å². The number of halogens is 1. The van der Waals surface area contributed by atoms with Crippen LogP contribution in [0, 0.1) is 35.5 Å². The minimum atomic E-state index is 0.738. The molecule has 2 saturated carbocycles. The quantitative estimate of drug-likeness (QED) is 0.478. The lowest BCUT2D eigenvalue weighted by Gasteiger charge is -2.37. The summed E-state index contributed by atoms with van der Waals surface area (Å²) in [6.45, 7) is 2.33. The van der Waals surface area contributed by atoms with Crippen molar-refractivity contribution in [2.75, 3.05) is 0 Å². The van der Waals surface area contributed by atoms with Gasteiger partial charge in [-0.25, -0.2) is 0 Å². The number of hydrogen-bond donors (Lipinski definition) is 0. The van der Waals surface area contributed by atoms with Crippen molar-refractivity contribution in [3.63, 3.8) is 0 Å². The molecule has 0 aliphatic heterocycles. The normalized spacial score (nSPS) is 29.3. The molecule has 2 aliphatic rings. The predicted octanol–water partition coefficient (Wildman–Crippen LogP) is 7.66. The Balaban J connectivity index is 1.39. The monoisotopic (exact) mass is 368 g/mol. The first kappa shape index (κ1) is 19.6. The maximum Gasteiger partial charge on any atom is 0.0406 e. The molecule has 0 nitrogen and oxygen atoms in total. The van der Waals surface area contributed by atoms with Crippen molar-refractivity contribution in [1.29, 1.82) is 0 Å². The standard InChI is InChI=1S/C25H33Cl/c1-2-5-20-8-14-23(15-9-20)24-16-10-21(11-17-24)6-3-4-7-22-12-18-25(26)19-13-22/h3,6,12-13,18-21,23-24H,2,5,8-11,14-17H2,1H3/b6-3+. The molecular weight excluding hydrogens is 336 g/mol. The zero-order valence-electron chi connectivity index (χ0n) is 16.2. The van der Waals surface area contributed by atoms with Gasteiger partial charge in [-0.1, -0.05) is 62.1 Å². The van der Waals surface area contributed by atoms with Crippen LogP contribution in [0.2, 0.25) is 5.02 Å². The van der Waals surface area contributed by atoms with E-state index in [-0.39, 0.29) is 0 Å². The Bertz CT molecular complexity index is 614. The van der Waals surface area contributed by atoms with E-state index >= 15 is 0 Å². The van der Waals surface area contributed by atoms with Crippen molar-refractivity contribution in [3.05, 3.63) is 47.0 Å². The Kier molecular flexibility index (Phi) is 7.69. The zero-order valence-corrected chi connectivity index (χ0v) is 17.0. The van der Waals surface area contributed by atoms with E-state index in [1.165, 1.54) is 64.2 Å². The summed E-state index contributed by atoms with van der Waals surface area (Å²) in [7, 11) is 0. The van der Waals surface area contributed by atoms with Gasteiger partial charge in [-0.05, 0) is 92.5 Å². The molecule has 0 saturated heterocycles. The van der Waals surface area contributed by atoms with Gasteiger partial charge in [-0.3, -0.25) is 0 Å². The average Bonchev–Trinajstić information content (AvgIpc) is 2.68. The number of benzene rings is 1. The summed E-state index contributed by atoms with van der Waals surface area (Å²) in [6.07, 6.45) is 18.8. The van der Waals surface area contributed by atoms with Crippen LogP contribution >= 0.6 is 11.6 Å². The fourth-order valence-electron chi connectivity index (χ4n) is 5.01. The molecule has 1 aromatic carbocycles. The van der Waals surface area contributed by atoms with Gasteiger partial charge in [0.1, 0.15) is 0 Å². The summed E-state index contributed by atoms with van der Waals surface area (Å²) in [4.78, 5) is 0. The van der Waals surface area contributed by atoms with Crippen molar-refractivity contribution < 1.29 is 0 Å². The zero-order chi connectivity index (χ0) is 18.2. The Morgan fingerprint density at radius 1 is 0.923 bits per heavy atom. The van der Waals surface area contributed by atoms with Crippen LogP contribution < -0.4 is 0 Å². The third kappa shape index (κ3) is 5.92. The fourth-order valence-corrected chi connectivity index (χ4v) is 5.13. The highest BCUT2D eigenvalue weighted by atomic mass is 35.5. The molecule has 2 aliphatic carbocycles. The minimum absolute atomic E-state index is 0.738. The number of rotatable bonds is 4. The molecule has 1 aromatic rings. The van der Waals surface area contributed by atoms with Crippen molar-refractivity contribution in [2.24, 2.45) is 23.7 Å². The average molecular weight is 369 g/mol. The van der Waals surface area contributed by atoms with Crippen LogP contribution in [0.5, 0.6) is 0 Å². The van der Waals surface area contributed by atoms with Gasteiger partial charge < -0.3 is 0 Å². The Morgan fingerprint density at radius 3 is 2.15 bits per heavy atom. The van der Waals surface area contributed by atoms with Crippen LogP contribution in [0.4, 0.5) is 0 Å². The molecule has 0 unspecified atom stereocenters. The Labute approximate surface area is 165 Å². The maximum absolute atomic E-state index is 5.90. The molecule has 1 heteroatoms. The van der Waals surface area contributed by atoms with Crippen LogP contribution in [0.1, 0.15) is 76.7 Å². The highest BCUT2D eigenvalue weighted by Crippen LogP contribution is 2.42. The summed E-state index contributed by atoms with van der Waals surface area (Å²) in [6, 6.07) is 7.74. The summed E-state index contributed by atoms with van der Waals surface area (Å²) >= 11 is 5.90. The molecule has 0 heterocycles. The van der Waals surface area contributed by atoms with E-state index < -0.39 is 0 Å². The lowest BCUT2D eigenvalue weighted by Crippen LogP contribution is -2.25. The van der Waals surface area contributed by atoms with Gasteiger partial charge in [-0.2, -0.15) is 0 Å². The second kappa shape index (κ2) is 10.2. The third-order valence-corrected chi connectivity index (χ3v) is 6.84. The second-order valence-corrected chi connectivity index (χ2v) is 8.82. The first-order valence-electron chi connectivity index (χ1n) is 10.7. The Hall–Kier alpha value is -1.19. The fraction of sp³-hybridized carbons (Fsp3) is 0.600. The van der Waals surface area contributed by atoms with Crippen molar-refractivity contribution in [3.8, 4) is 11.8 Å². The molecule has 0 N–H and O–H groups in total. The maximum atomic E-state index is 5.90. The van der Waals surface area contributed by atoms with Crippen LogP contribution in [0.15, 0.2) is 36.4 Å². The number of hydrogen-bond acceptors (Lipinski definition) is 0. The predicted molar refractivity (Wildman–Crippen MR) is 113 cm³/mol. The molecule has 26 heavy (non-hydrogen) atoms. The molecule has 0 aromatic heterocycles. The molecular formula is C25H33Cl. The Morgan fingerprint density at radius 2 is 1.54 bits per heavy atom. The molecule has 3 rings (SSSR count). The largest absolute Gasteiger partial charge is 0.0843 e. The topological polar surface area (TPSA) is 0 Å². The molecule has 0 bridgehead atoms. The van der Waals surface area contributed by atoms with Gasteiger partial charge in [-0.15, -0.1) is 0 Å². The number of allylic oxidation sites excluding steroid dienone is 2. The van der Waals surface area contributed by atoms with Gasteiger partial charge in [0.25, 0.3) is 0 Å². The summed E-state index contributed by atoms with van der Waals surface area (Å²) in [5.74, 6) is 10.2. The van der Waals surface area contributed by atoms with Crippen LogP contribution in [0.3, 0.4) is 0 Å². The molecule has 140 valence electrons. The molecule has 0 atom stereocenters. The summed E-state index contributed by atoms with van der Waals surface area (Å²) in [5.41, 5.74) is 1.03. The van der Waals surface area contributed by atoms with Gasteiger partial charge in [0.05, 0.1) is 0 Å². The third-order valence-electron chi connectivity index (χ3n) is 6.58. The smallest absolute Gasteiger partial charge is 0.0406 e. The molecule has 0 radical (unpaired) electrons. The molecule has 0 spiro atoms. The van der Waals surface area contributed by atoms with E-state index in [4.69, 9.17) is 11.6 Å². The molecule has 0 amide bonds. The first-order valence-corrected chi connectivity index (χ1v) is 11.1. The summed E-state index contributed by atoms with van der Waals surface area (Å²) < 4.78 is 0. The van der Waals surface area contributed by atoms with Gasteiger partial charge in [0.15, 0.2) is 0 Å². The van der Waals surface area contributed by atoms with Crippen LogP contribution in [0.25, 0.3) is 0 Å². The van der Waals surface area contributed by atoms with Gasteiger partial charge in [0, 0.05) is 10.6 Å². The lowest BCUT2D eigenvalue weighted by atomic mass is 9.69. The van der Waals surface area contributed by atoms with Crippen molar-refractivity contribution in [2.45, 2.75) is 71.1 Å². The van der Waals surface area contributed by atoms with Gasteiger partial charge in [0.2, 0.25) is 0 Å². The second-order valence-electron chi connectivity index (χ2n) is 8.38. The highest BCUT2D eigenvalue weighted by Gasteiger charge is 2.29. The van der Waals surface area contributed by atoms with E-state index in [0.717, 1.165) is 34.3 Å². The van der Waals surface area contributed by atoms with E-state index in [0.29, 0.717) is 0 Å². The van der Waals surface area contributed by atoms with E-state index in [9.17, 15) is 0 Å². The van der Waals surface area contributed by atoms with Crippen LogP contribution in [-0.4, -0.2) is 0 Å². The van der Waals surface area contributed by atoms with E-state index in [2.05, 4.69) is 30.9 Å². The van der Waals surface area contributed by atoms with Crippen molar-refractivity contribution in [1.82, 2.24) is 0 Å². The minimum Gasteiger partial charge on any atom is -0.0843 e.